The molecule has 7 heteroatoms. The molecule has 2 aromatic rings. The van der Waals surface area contributed by atoms with Crippen LogP contribution in [0.25, 0.3) is 6.08 Å². The van der Waals surface area contributed by atoms with Crippen molar-refractivity contribution in [1.82, 2.24) is 4.90 Å². The van der Waals surface area contributed by atoms with Crippen molar-refractivity contribution in [1.29, 1.82) is 0 Å². The molecule has 4 nitrogen and oxygen atoms in total. The highest BCUT2D eigenvalue weighted by atomic mass is 32.2. The minimum Gasteiger partial charge on any atom is -0.495 e. The highest BCUT2D eigenvalue weighted by Crippen LogP contribution is 2.33. The van der Waals surface area contributed by atoms with Crippen molar-refractivity contribution in [2.45, 2.75) is 0 Å². The van der Waals surface area contributed by atoms with Gasteiger partial charge in [0.2, 0.25) is 0 Å². The number of carbonyl (C=O) groups is 1. The van der Waals surface area contributed by atoms with Gasteiger partial charge in [0.05, 0.1) is 24.4 Å². The molecule has 1 aliphatic heterocycles. The van der Waals surface area contributed by atoms with Gasteiger partial charge >= 0.3 is 0 Å². The fraction of sp³-hybridized carbons (Fsp3) is 0.111. The monoisotopic (exact) mass is 374 g/mol. The summed E-state index contributed by atoms with van der Waals surface area (Å²) in [7, 11) is 1.59. The number of carbonyl (C=O) groups excluding carboxylic acids is 1. The van der Waals surface area contributed by atoms with E-state index in [0.29, 0.717) is 20.5 Å². The van der Waals surface area contributed by atoms with Crippen LogP contribution in [0.1, 0.15) is 5.56 Å². The van der Waals surface area contributed by atoms with Crippen LogP contribution in [0.5, 0.6) is 5.75 Å². The largest absolute Gasteiger partial charge is 0.495 e. The molecule has 1 heterocycles. The number of halogens is 1. The van der Waals surface area contributed by atoms with Gasteiger partial charge in [0.25, 0.3) is 5.91 Å². The Labute approximate surface area is 154 Å². The molecule has 1 saturated heterocycles. The van der Waals surface area contributed by atoms with Gasteiger partial charge in [0.15, 0.2) is 0 Å². The molecule has 1 N–H and O–H groups in total. The number of rotatable bonds is 5. The second kappa shape index (κ2) is 7.67. The summed E-state index contributed by atoms with van der Waals surface area (Å²) in [6, 6.07) is 13.5. The van der Waals surface area contributed by atoms with Gasteiger partial charge in [-0.2, -0.15) is 0 Å². The second-order valence-corrected chi connectivity index (χ2v) is 6.88. The quantitative estimate of drug-likeness (QED) is 0.630. The smallest absolute Gasteiger partial charge is 0.267 e. The average Bonchev–Trinajstić information content (AvgIpc) is 2.87. The Balaban J connectivity index is 1.73. The minimum absolute atomic E-state index is 0.207. The first-order valence-corrected chi connectivity index (χ1v) is 8.69. The second-order valence-electron chi connectivity index (χ2n) is 5.20. The maximum Gasteiger partial charge on any atom is 0.267 e. The molecule has 128 valence electrons. The molecule has 0 saturated carbocycles. The molecule has 1 amide bonds. The summed E-state index contributed by atoms with van der Waals surface area (Å²) in [5.74, 6) is 0.131. The van der Waals surface area contributed by atoms with Crippen LogP contribution in [-0.2, 0) is 4.79 Å². The van der Waals surface area contributed by atoms with Crippen molar-refractivity contribution in [2.75, 3.05) is 19.1 Å². The van der Waals surface area contributed by atoms with Gasteiger partial charge < -0.3 is 10.1 Å². The third-order valence-corrected chi connectivity index (χ3v) is 4.93. The number of amides is 1. The lowest BCUT2D eigenvalue weighted by Crippen LogP contribution is -2.33. The topological polar surface area (TPSA) is 41.6 Å². The van der Waals surface area contributed by atoms with Gasteiger partial charge in [0, 0.05) is 0 Å². The molecule has 0 aliphatic carbocycles. The zero-order chi connectivity index (χ0) is 17.8. The van der Waals surface area contributed by atoms with E-state index < -0.39 is 0 Å². The van der Waals surface area contributed by atoms with Gasteiger partial charge in [-0.3, -0.25) is 9.69 Å². The van der Waals surface area contributed by atoms with E-state index in [4.69, 9.17) is 17.0 Å². The number of benzene rings is 2. The van der Waals surface area contributed by atoms with Crippen LogP contribution < -0.4 is 10.1 Å². The zero-order valence-corrected chi connectivity index (χ0v) is 15.0. The van der Waals surface area contributed by atoms with Crippen LogP contribution in [0.4, 0.5) is 10.1 Å². The fourth-order valence-electron chi connectivity index (χ4n) is 2.34. The standard InChI is InChI=1S/C18H15FN2O2S2/c1-23-15-8-3-2-7-14(15)20-11-21-17(22)16(25-18(21)24)10-12-5-4-6-13(19)9-12/h2-10,20H,11H2,1H3/b16-10+. The third-order valence-electron chi connectivity index (χ3n) is 3.55. The van der Waals surface area contributed by atoms with Crippen molar-refractivity contribution in [2.24, 2.45) is 0 Å². The van der Waals surface area contributed by atoms with E-state index in [-0.39, 0.29) is 18.4 Å². The molecule has 0 atom stereocenters. The predicted octanol–water partition coefficient (Wildman–Crippen LogP) is 4.11. The van der Waals surface area contributed by atoms with Crippen molar-refractivity contribution in [3.63, 3.8) is 0 Å². The third kappa shape index (κ3) is 4.00. The van der Waals surface area contributed by atoms with Crippen LogP contribution in [-0.4, -0.2) is 28.9 Å². The number of thiocarbonyl (C=S) groups is 1. The van der Waals surface area contributed by atoms with E-state index in [1.165, 1.54) is 28.8 Å². The van der Waals surface area contributed by atoms with Crippen molar-refractivity contribution in [3.05, 3.63) is 64.8 Å². The molecule has 0 bridgehead atoms. The lowest BCUT2D eigenvalue weighted by atomic mass is 10.2. The number of para-hydroxylation sites is 2. The summed E-state index contributed by atoms with van der Waals surface area (Å²) >= 11 is 6.50. The molecule has 0 unspecified atom stereocenters. The van der Waals surface area contributed by atoms with Crippen LogP contribution in [0, 0.1) is 5.82 Å². The number of methoxy groups -OCH3 is 1. The van der Waals surface area contributed by atoms with Gasteiger partial charge in [-0.1, -0.05) is 48.2 Å². The van der Waals surface area contributed by atoms with E-state index in [0.717, 1.165) is 5.69 Å². The molecule has 3 rings (SSSR count). The molecule has 0 aromatic heterocycles. The van der Waals surface area contributed by atoms with E-state index in [2.05, 4.69) is 5.32 Å². The molecule has 1 aliphatic rings. The number of thioether (sulfide) groups is 1. The van der Waals surface area contributed by atoms with Crippen LogP contribution >= 0.6 is 24.0 Å². The maximum absolute atomic E-state index is 13.3. The Morgan fingerprint density at radius 1 is 1.28 bits per heavy atom. The molecular formula is C18H15FN2O2S2. The summed E-state index contributed by atoms with van der Waals surface area (Å²) in [6.45, 7) is 0.228. The minimum atomic E-state index is -0.345. The molecule has 2 aromatic carbocycles. The summed E-state index contributed by atoms with van der Waals surface area (Å²) in [6.07, 6.45) is 1.64. The van der Waals surface area contributed by atoms with E-state index in [1.54, 1.807) is 25.3 Å². The number of nitrogens with one attached hydrogen (secondary N) is 1. The number of hydrogen-bond donors (Lipinski definition) is 1. The highest BCUT2D eigenvalue weighted by Gasteiger charge is 2.31. The lowest BCUT2D eigenvalue weighted by molar-refractivity contribution is -0.121. The number of nitrogens with zero attached hydrogens (tertiary/aromatic N) is 1. The Morgan fingerprint density at radius 3 is 2.84 bits per heavy atom. The van der Waals surface area contributed by atoms with Crippen molar-refractivity contribution < 1.29 is 13.9 Å². The molecule has 1 fully saturated rings. The summed E-state index contributed by atoms with van der Waals surface area (Å²) in [5, 5.41) is 3.15. The van der Waals surface area contributed by atoms with Gasteiger partial charge in [0.1, 0.15) is 15.9 Å². The average molecular weight is 374 g/mol. The lowest BCUT2D eigenvalue weighted by Gasteiger charge is -2.17. The first-order valence-electron chi connectivity index (χ1n) is 7.46. The van der Waals surface area contributed by atoms with Crippen molar-refractivity contribution >= 4 is 46.0 Å². The maximum atomic E-state index is 13.3. The SMILES string of the molecule is COc1ccccc1NCN1C(=O)/C(=C\c2cccc(F)c2)SC1=S. The fourth-order valence-corrected chi connectivity index (χ4v) is 3.59. The Hall–Kier alpha value is -2.38. The van der Waals surface area contributed by atoms with E-state index in [1.807, 2.05) is 24.3 Å². The molecule has 0 radical (unpaired) electrons. The van der Waals surface area contributed by atoms with Gasteiger partial charge in [-0.25, -0.2) is 4.39 Å². The number of ether oxygens (including phenoxy) is 1. The normalized spacial score (nSPS) is 15.8. The number of anilines is 1. The summed E-state index contributed by atoms with van der Waals surface area (Å²) in [5.41, 5.74) is 1.39. The summed E-state index contributed by atoms with van der Waals surface area (Å²) in [4.78, 5) is 14.5. The van der Waals surface area contributed by atoms with Crippen molar-refractivity contribution in [3.8, 4) is 5.75 Å². The van der Waals surface area contributed by atoms with E-state index in [9.17, 15) is 9.18 Å². The van der Waals surface area contributed by atoms with Crippen LogP contribution in [0.3, 0.4) is 0 Å². The first kappa shape index (κ1) is 17.4. The Kier molecular flexibility index (Phi) is 5.35. The van der Waals surface area contributed by atoms with Crippen LogP contribution in [0.2, 0.25) is 0 Å². The van der Waals surface area contributed by atoms with E-state index >= 15 is 0 Å². The number of hydrogen-bond acceptors (Lipinski definition) is 5. The molecule has 0 spiro atoms. The van der Waals surface area contributed by atoms with Gasteiger partial charge in [-0.05, 0) is 35.9 Å². The predicted molar refractivity (Wildman–Crippen MR) is 103 cm³/mol. The zero-order valence-electron chi connectivity index (χ0n) is 13.4. The highest BCUT2D eigenvalue weighted by molar-refractivity contribution is 8.26. The Bertz CT molecular complexity index is 854. The van der Waals surface area contributed by atoms with Crippen LogP contribution in [0.15, 0.2) is 53.4 Å². The molecule has 25 heavy (non-hydrogen) atoms. The van der Waals surface area contributed by atoms with Gasteiger partial charge in [-0.15, -0.1) is 0 Å². The summed E-state index contributed by atoms with van der Waals surface area (Å²) < 4.78 is 19.0. The first-order chi connectivity index (χ1) is 12.1. The Morgan fingerprint density at radius 2 is 2.08 bits per heavy atom. The molecular weight excluding hydrogens is 359 g/mol.